The van der Waals surface area contributed by atoms with E-state index in [1.807, 2.05) is 0 Å². The molecule has 0 unspecified atom stereocenters. The summed E-state index contributed by atoms with van der Waals surface area (Å²) in [6.45, 7) is 2.67. The van der Waals surface area contributed by atoms with E-state index in [4.69, 9.17) is 11.6 Å². The van der Waals surface area contributed by atoms with Crippen molar-refractivity contribution in [2.24, 2.45) is 0 Å². The zero-order valence-corrected chi connectivity index (χ0v) is 13.1. The molecular weight excluding hydrogens is 300 g/mol. The van der Waals surface area contributed by atoms with Crippen LogP contribution in [0.15, 0.2) is 0 Å². The summed E-state index contributed by atoms with van der Waals surface area (Å²) < 4.78 is 49.1. The number of nitrogens with one attached hydrogen (secondary N) is 1. The SMILES string of the molecule is CCN(CCCNS(=O)(=O)CCCCl)S(C)(=O)=O. The molecular formula is C9H21ClN2O4S2. The second-order valence-electron chi connectivity index (χ2n) is 3.86. The Morgan fingerprint density at radius 1 is 1.17 bits per heavy atom. The summed E-state index contributed by atoms with van der Waals surface area (Å²) >= 11 is 5.41. The second kappa shape index (κ2) is 8.31. The zero-order chi connectivity index (χ0) is 14.2. The van der Waals surface area contributed by atoms with Crippen LogP contribution in [0, 0.1) is 0 Å². The number of hydrogen-bond acceptors (Lipinski definition) is 4. The predicted octanol–water partition coefficient (Wildman–Crippen LogP) is 0.206. The molecule has 0 saturated carbocycles. The maximum atomic E-state index is 11.4. The Morgan fingerprint density at radius 2 is 1.78 bits per heavy atom. The van der Waals surface area contributed by atoms with Crippen LogP contribution in [0.2, 0.25) is 0 Å². The van der Waals surface area contributed by atoms with Crippen molar-refractivity contribution >= 4 is 31.6 Å². The minimum Gasteiger partial charge on any atom is -0.215 e. The molecule has 0 aliphatic carbocycles. The summed E-state index contributed by atoms with van der Waals surface area (Å²) in [5.74, 6) is 0.304. The quantitative estimate of drug-likeness (QED) is 0.460. The van der Waals surface area contributed by atoms with E-state index >= 15 is 0 Å². The molecule has 9 heteroatoms. The van der Waals surface area contributed by atoms with Gasteiger partial charge in [0.2, 0.25) is 20.0 Å². The molecule has 0 aliphatic heterocycles. The lowest BCUT2D eigenvalue weighted by Crippen LogP contribution is -2.34. The van der Waals surface area contributed by atoms with Crippen molar-refractivity contribution in [1.82, 2.24) is 9.03 Å². The van der Waals surface area contributed by atoms with Crippen LogP contribution in [0.4, 0.5) is 0 Å². The van der Waals surface area contributed by atoms with E-state index in [0.29, 0.717) is 31.8 Å². The maximum absolute atomic E-state index is 11.4. The molecule has 0 fully saturated rings. The summed E-state index contributed by atoms with van der Waals surface area (Å²) in [7, 11) is -6.49. The first-order valence-corrected chi connectivity index (χ1v) is 9.75. The lowest BCUT2D eigenvalue weighted by Gasteiger charge is -2.17. The Labute approximate surface area is 115 Å². The van der Waals surface area contributed by atoms with Crippen LogP contribution in [-0.2, 0) is 20.0 Å². The third kappa shape index (κ3) is 8.25. The average Bonchev–Trinajstić information content (AvgIpc) is 2.24. The lowest BCUT2D eigenvalue weighted by atomic mass is 10.4. The Bertz CT molecular complexity index is 422. The fourth-order valence-corrected chi connectivity index (χ4v) is 3.70. The van der Waals surface area contributed by atoms with Gasteiger partial charge in [0.25, 0.3) is 0 Å². The molecule has 0 bridgehead atoms. The largest absolute Gasteiger partial charge is 0.215 e. The van der Waals surface area contributed by atoms with Gasteiger partial charge in [-0.3, -0.25) is 0 Å². The first-order chi connectivity index (χ1) is 8.23. The van der Waals surface area contributed by atoms with Gasteiger partial charge in [-0.25, -0.2) is 25.9 Å². The number of hydrogen-bond donors (Lipinski definition) is 1. The second-order valence-corrected chi connectivity index (χ2v) is 8.15. The summed E-state index contributed by atoms with van der Waals surface area (Å²) in [6, 6.07) is 0. The normalized spacial score (nSPS) is 13.1. The molecule has 0 aromatic carbocycles. The third-order valence-electron chi connectivity index (χ3n) is 2.27. The van der Waals surface area contributed by atoms with Crippen molar-refractivity contribution in [2.45, 2.75) is 19.8 Å². The Morgan fingerprint density at radius 3 is 2.22 bits per heavy atom. The summed E-state index contributed by atoms with van der Waals surface area (Å²) in [6.07, 6.45) is 1.99. The molecule has 0 heterocycles. The maximum Gasteiger partial charge on any atom is 0.211 e. The standard InChI is InChI=1S/C9H21ClN2O4S2/c1-3-12(17(2,13)14)8-5-7-11-18(15,16)9-4-6-10/h11H,3-9H2,1-2H3. The van der Waals surface area contributed by atoms with Gasteiger partial charge in [0.05, 0.1) is 12.0 Å². The highest BCUT2D eigenvalue weighted by Gasteiger charge is 2.14. The van der Waals surface area contributed by atoms with Crippen molar-refractivity contribution in [3.63, 3.8) is 0 Å². The smallest absolute Gasteiger partial charge is 0.211 e. The van der Waals surface area contributed by atoms with Crippen molar-refractivity contribution in [3.8, 4) is 0 Å². The van der Waals surface area contributed by atoms with Crippen molar-refractivity contribution in [3.05, 3.63) is 0 Å². The first kappa shape index (κ1) is 18.1. The molecule has 18 heavy (non-hydrogen) atoms. The molecule has 0 spiro atoms. The van der Waals surface area contributed by atoms with Gasteiger partial charge >= 0.3 is 0 Å². The summed E-state index contributed by atoms with van der Waals surface area (Å²) in [5, 5.41) is 0. The molecule has 0 aromatic heterocycles. The third-order valence-corrected chi connectivity index (χ3v) is 5.39. The van der Waals surface area contributed by atoms with Gasteiger partial charge in [-0.2, -0.15) is 0 Å². The molecule has 0 amide bonds. The highest BCUT2D eigenvalue weighted by atomic mass is 35.5. The van der Waals surface area contributed by atoms with Gasteiger partial charge in [-0.1, -0.05) is 6.92 Å². The highest BCUT2D eigenvalue weighted by molar-refractivity contribution is 7.89. The van der Waals surface area contributed by atoms with Crippen LogP contribution in [-0.4, -0.2) is 58.7 Å². The van der Waals surface area contributed by atoms with Gasteiger partial charge in [0.1, 0.15) is 0 Å². The van der Waals surface area contributed by atoms with E-state index in [1.165, 1.54) is 4.31 Å². The molecule has 0 rings (SSSR count). The van der Waals surface area contributed by atoms with Crippen molar-refractivity contribution < 1.29 is 16.8 Å². The predicted molar refractivity (Wildman–Crippen MR) is 73.8 cm³/mol. The number of rotatable bonds is 10. The van der Waals surface area contributed by atoms with Gasteiger partial charge in [-0.15, -0.1) is 11.6 Å². The molecule has 1 N–H and O–H groups in total. The van der Waals surface area contributed by atoms with Crippen LogP contribution in [0.25, 0.3) is 0 Å². The molecule has 0 aliphatic rings. The molecule has 0 aromatic rings. The molecule has 0 radical (unpaired) electrons. The average molecular weight is 321 g/mol. The van der Waals surface area contributed by atoms with Gasteiger partial charge in [0, 0.05) is 25.5 Å². The summed E-state index contributed by atoms with van der Waals surface area (Å²) in [4.78, 5) is 0. The monoisotopic (exact) mass is 320 g/mol. The number of halogens is 1. The molecule has 110 valence electrons. The Hall–Kier alpha value is 0.110. The Kier molecular flexibility index (Phi) is 8.37. The fraction of sp³-hybridized carbons (Fsp3) is 1.00. The van der Waals surface area contributed by atoms with Crippen LogP contribution >= 0.6 is 11.6 Å². The molecule has 6 nitrogen and oxygen atoms in total. The number of nitrogens with zero attached hydrogens (tertiary/aromatic N) is 1. The number of alkyl halides is 1. The van der Waals surface area contributed by atoms with Crippen LogP contribution in [0.5, 0.6) is 0 Å². The minimum atomic E-state index is -3.29. The zero-order valence-electron chi connectivity index (χ0n) is 10.7. The van der Waals surface area contributed by atoms with E-state index in [1.54, 1.807) is 6.92 Å². The number of sulfonamides is 2. The first-order valence-electron chi connectivity index (χ1n) is 5.71. The topological polar surface area (TPSA) is 83.6 Å². The van der Waals surface area contributed by atoms with Crippen LogP contribution in [0.3, 0.4) is 0 Å². The van der Waals surface area contributed by atoms with Crippen molar-refractivity contribution in [1.29, 1.82) is 0 Å². The van der Waals surface area contributed by atoms with Gasteiger partial charge < -0.3 is 0 Å². The van der Waals surface area contributed by atoms with Crippen LogP contribution in [0.1, 0.15) is 19.8 Å². The van der Waals surface area contributed by atoms with E-state index in [-0.39, 0.29) is 12.3 Å². The fourth-order valence-electron chi connectivity index (χ4n) is 1.36. The summed E-state index contributed by atoms with van der Waals surface area (Å²) in [5.41, 5.74) is 0. The molecule has 0 saturated heterocycles. The minimum absolute atomic E-state index is 0.0000679. The van der Waals surface area contributed by atoms with Gasteiger partial charge in [0.15, 0.2) is 0 Å². The van der Waals surface area contributed by atoms with Crippen molar-refractivity contribution in [2.75, 3.05) is 37.5 Å². The van der Waals surface area contributed by atoms with E-state index in [9.17, 15) is 16.8 Å². The Balaban J connectivity index is 3.99. The molecule has 0 atom stereocenters. The highest BCUT2D eigenvalue weighted by Crippen LogP contribution is 1.99. The van der Waals surface area contributed by atoms with E-state index < -0.39 is 20.0 Å². The van der Waals surface area contributed by atoms with E-state index in [0.717, 1.165) is 6.26 Å². The van der Waals surface area contributed by atoms with Crippen LogP contribution < -0.4 is 4.72 Å². The van der Waals surface area contributed by atoms with E-state index in [2.05, 4.69) is 4.72 Å². The van der Waals surface area contributed by atoms with Gasteiger partial charge in [-0.05, 0) is 12.8 Å². The lowest BCUT2D eigenvalue weighted by molar-refractivity contribution is 0.424.